The minimum atomic E-state index is -0.364. The van der Waals surface area contributed by atoms with E-state index in [4.69, 9.17) is 14.2 Å². The van der Waals surface area contributed by atoms with E-state index in [1.807, 2.05) is 36.9 Å². The molecule has 0 aliphatic carbocycles. The predicted molar refractivity (Wildman–Crippen MR) is 96.5 cm³/mol. The summed E-state index contributed by atoms with van der Waals surface area (Å²) in [5, 5.41) is 3.22. The Labute approximate surface area is 153 Å². The lowest BCUT2D eigenvalue weighted by molar-refractivity contribution is -0.151. The van der Waals surface area contributed by atoms with Crippen LogP contribution in [0.3, 0.4) is 0 Å². The SMILES string of the molecule is CCOC(=O)C1CCN(C(=O)[C@@H](C)Nc2ccc3c(c2)OCCO3)CC1. The normalized spacial score (nSPS) is 18.2. The Bertz CT molecular complexity index is 655. The molecule has 1 amide bonds. The van der Waals surface area contributed by atoms with E-state index >= 15 is 0 Å². The minimum absolute atomic E-state index is 0.0298. The van der Waals surface area contributed by atoms with Crippen LogP contribution in [0.5, 0.6) is 11.5 Å². The summed E-state index contributed by atoms with van der Waals surface area (Å²) in [5.74, 6) is 1.20. The van der Waals surface area contributed by atoms with E-state index in [0.717, 1.165) is 11.4 Å². The molecule has 1 N–H and O–H groups in total. The molecule has 1 atom stereocenters. The number of piperidine rings is 1. The Morgan fingerprint density at radius 3 is 2.62 bits per heavy atom. The van der Waals surface area contributed by atoms with Gasteiger partial charge in [-0.05, 0) is 38.8 Å². The summed E-state index contributed by atoms with van der Waals surface area (Å²) in [6.45, 7) is 6.29. The number of carbonyl (C=O) groups excluding carboxylic acids is 2. The third-order valence-corrected chi connectivity index (χ3v) is 4.72. The fourth-order valence-electron chi connectivity index (χ4n) is 3.31. The number of anilines is 1. The van der Waals surface area contributed by atoms with Crippen LogP contribution < -0.4 is 14.8 Å². The second-order valence-corrected chi connectivity index (χ2v) is 6.58. The quantitative estimate of drug-likeness (QED) is 0.808. The molecule has 7 heteroatoms. The molecule has 0 bridgehead atoms. The van der Waals surface area contributed by atoms with Crippen LogP contribution in [0, 0.1) is 5.92 Å². The molecule has 1 aromatic carbocycles. The maximum absolute atomic E-state index is 12.7. The van der Waals surface area contributed by atoms with Crippen molar-refractivity contribution >= 4 is 17.6 Å². The van der Waals surface area contributed by atoms with Gasteiger partial charge >= 0.3 is 5.97 Å². The highest BCUT2D eigenvalue weighted by Gasteiger charge is 2.30. The van der Waals surface area contributed by atoms with Gasteiger partial charge in [-0.3, -0.25) is 9.59 Å². The Morgan fingerprint density at radius 2 is 1.92 bits per heavy atom. The first-order valence-corrected chi connectivity index (χ1v) is 9.20. The predicted octanol–water partition coefficient (Wildman–Crippen LogP) is 2.06. The number of rotatable bonds is 5. The Hall–Kier alpha value is -2.44. The lowest BCUT2D eigenvalue weighted by atomic mass is 9.96. The molecule has 1 aromatic rings. The standard InChI is InChI=1S/C19H26N2O5/c1-3-24-19(23)14-6-8-21(9-7-14)18(22)13(2)20-15-4-5-16-17(12-15)26-11-10-25-16/h4-5,12-14,20H,3,6-11H2,1-2H3/t13-/m1/s1. The largest absolute Gasteiger partial charge is 0.486 e. The van der Waals surface area contributed by atoms with Crippen molar-refractivity contribution in [2.45, 2.75) is 32.7 Å². The topological polar surface area (TPSA) is 77.1 Å². The van der Waals surface area contributed by atoms with E-state index < -0.39 is 0 Å². The molecule has 7 nitrogen and oxygen atoms in total. The molecule has 0 aromatic heterocycles. The van der Waals surface area contributed by atoms with Crippen LogP contribution in [0.2, 0.25) is 0 Å². The molecule has 0 radical (unpaired) electrons. The van der Waals surface area contributed by atoms with Gasteiger partial charge in [-0.1, -0.05) is 0 Å². The number of likely N-dealkylation sites (tertiary alicyclic amines) is 1. The zero-order chi connectivity index (χ0) is 18.5. The number of hydrogen-bond donors (Lipinski definition) is 1. The van der Waals surface area contributed by atoms with Crippen molar-refractivity contribution < 1.29 is 23.8 Å². The Kier molecular flexibility index (Phi) is 5.85. The molecule has 1 fully saturated rings. The average molecular weight is 362 g/mol. The summed E-state index contributed by atoms with van der Waals surface area (Å²) in [7, 11) is 0. The third-order valence-electron chi connectivity index (χ3n) is 4.72. The summed E-state index contributed by atoms with van der Waals surface area (Å²) in [4.78, 5) is 26.3. The molecule has 0 saturated carbocycles. The van der Waals surface area contributed by atoms with Gasteiger partial charge in [-0.15, -0.1) is 0 Å². The highest BCUT2D eigenvalue weighted by molar-refractivity contribution is 5.85. The Morgan fingerprint density at radius 1 is 1.23 bits per heavy atom. The molecule has 3 rings (SSSR count). The van der Waals surface area contributed by atoms with Gasteiger partial charge in [0.25, 0.3) is 0 Å². The maximum Gasteiger partial charge on any atom is 0.309 e. The van der Waals surface area contributed by atoms with Gasteiger partial charge in [0, 0.05) is 24.8 Å². The van der Waals surface area contributed by atoms with Crippen LogP contribution in [0.4, 0.5) is 5.69 Å². The number of carbonyl (C=O) groups is 2. The molecule has 2 heterocycles. The second kappa shape index (κ2) is 8.29. The molecule has 142 valence electrons. The molecule has 1 saturated heterocycles. The van der Waals surface area contributed by atoms with E-state index in [1.54, 1.807) is 0 Å². The maximum atomic E-state index is 12.7. The summed E-state index contributed by atoms with van der Waals surface area (Å²) >= 11 is 0. The number of hydrogen-bond acceptors (Lipinski definition) is 6. The van der Waals surface area contributed by atoms with Gasteiger partial charge in [0.05, 0.1) is 12.5 Å². The summed E-state index contributed by atoms with van der Waals surface area (Å²) < 4.78 is 16.2. The molecule has 2 aliphatic rings. The smallest absolute Gasteiger partial charge is 0.309 e. The van der Waals surface area contributed by atoms with E-state index in [1.165, 1.54) is 0 Å². The van der Waals surface area contributed by atoms with Crippen LogP contribution in [-0.4, -0.2) is 55.7 Å². The summed E-state index contributed by atoms with van der Waals surface area (Å²) in [6.07, 6.45) is 1.31. The van der Waals surface area contributed by atoms with Crippen LogP contribution in [0.1, 0.15) is 26.7 Å². The van der Waals surface area contributed by atoms with Crippen molar-refractivity contribution in [2.75, 3.05) is 38.2 Å². The number of benzene rings is 1. The molecule has 0 spiro atoms. The van der Waals surface area contributed by atoms with Crippen molar-refractivity contribution in [3.05, 3.63) is 18.2 Å². The second-order valence-electron chi connectivity index (χ2n) is 6.58. The van der Waals surface area contributed by atoms with E-state index in [9.17, 15) is 9.59 Å². The Balaban J connectivity index is 1.53. The summed E-state index contributed by atoms with van der Waals surface area (Å²) in [5.41, 5.74) is 0.816. The van der Waals surface area contributed by atoms with Gasteiger partial charge in [0.1, 0.15) is 19.3 Å². The minimum Gasteiger partial charge on any atom is -0.486 e. The number of ether oxygens (including phenoxy) is 3. The van der Waals surface area contributed by atoms with Gasteiger partial charge in [-0.25, -0.2) is 0 Å². The zero-order valence-electron chi connectivity index (χ0n) is 15.3. The van der Waals surface area contributed by atoms with Gasteiger partial charge in [-0.2, -0.15) is 0 Å². The molecular formula is C19H26N2O5. The van der Waals surface area contributed by atoms with Crippen LogP contribution in [0.25, 0.3) is 0 Å². The lowest BCUT2D eigenvalue weighted by Crippen LogP contribution is -2.46. The number of nitrogens with zero attached hydrogens (tertiary/aromatic N) is 1. The molecular weight excluding hydrogens is 336 g/mol. The zero-order valence-corrected chi connectivity index (χ0v) is 15.3. The van der Waals surface area contributed by atoms with Gasteiger partial charge in [0.15, 0.2) is 11.5 Å². The van der Waals surface area contributed by atoms with Crippen LogP contribution in [-0.2, 0) is 14.3 Å². The summed E-state index contributed by atoms with van der Waals surface area (Å²) in [6, 6.07) is 5.21. The highest BCUT2D eigenvalue weighted by atomic mass is 16.6. The first-order chi connectivity index (χ1) is 12.6. The van der Waals surface area contributed by atoms with Crippen LogP contribution in [0.15, 0.2) is 18.2 Å². The van der Waals surface area contributed by atoms with Gasteiger partial charge < -0.3 is 24.4 Å². The van der Waals surface area contributed by atoms with Crippen molar-refractivity contribution in [1.82, 2.24) is 4.90 Å². The van der Waals surface area contributed by atoms with Crippen molar-refractivity contribution in [1.29, 1.82) is 0 Å². The number of fused-ring (bicyclic) bond motifs is 1. The molecule has 2 aliphatic heterocycles. The van der Waals surface area contributed by atoms with E-state index in [-0.39, 0.29) is 23.8 Å². The monoisotopic (exact) mass is 362 g/mol. The van der Waals surface area contributed by atoms with E-state index in [0.29, 0.717) is 51.5 Å². The fraction of sp³-hybridized carbons (Fsp3) is 0.579. The van der Waals surface area contributed by atoms with Crippen molar-refractivity contribution in [3.63, 3.8) is 0 Å². The van der Waals surface area contributed by atoms with Crippen LogP contribution >= 0.6 is 0 Å². The van der Waals surface area contributed by atoms with E-state index in [2.05, 4.69) is 5.32 Å². The fourth-order valence-corrected chi connectivity index (χ4v) is 3.31. The highest BCUT2D eigenvalue weighted by Crippen LogP contribution is 2.32. The number of esters is 1. The third kappa shape index (κ3) is 4.20. The number of nitrogens with one attached hydrogen (secondary N) is 1. The lowest BCUT2D eigenvalue weighted by Gasteiger charge is -2.33. The first-order valence-electron chi connectivity index (χ1n) is 9.20. The number of amides is 1. The average Bonchev–Trinajstić information content (AvgIpc) is 2.67. The van der Waals surface area contributed by atoms with Crippen molar-refractivity contribution in [3.8, 4) is 11.5 Å². The van der Waals surface area contributed by atoms with Gasteiger partial charge in [0.2, 0.25) is 5.91 Å². The molecule has 26 heavy (non-hydrogen) atoms. The first kappa shape index (κ1) is 18.4. The molecule has 0 unspecified atom stereocenters. The van der Waals surface area contributed by atoms with Crippen molar-refractivity contribution in [2.24, 2.45) is 5.92 Å².